The third-order valence-electron chi connectivity index (χ3n) is 3.38. The van der Waals surface area contributed by atoms with Crippen LogP contribution in [0.2, 0.25) is 0 Å². The first-order valence-electron chi connectivity index (χ1n) is 5.96. The summed E-state index contributed by atoms with van der Waals surface area (Å²) < 4.78 is 0. The van der Waals surface area contributed by atoms with Crippen molar-refractivity contribution in [2.45, 2.75) is 45.4 Å². The van der Waals surface area contributed by atoms with Crippen molar-refractivity contribution in [1.82, 2.24) is 10.2 Å². The number of carboxylic acids is 1. The van der Waals surface area contributed by atoms with E-state index in [0.717, 1.165) is 25.0 Å². The average molecular weight is 222 g/mol. The molecule has 0 saturated heterocycles. The van der Waals surface area contributed by atoms with Gasteiger partial charge in [-0.05, 0) is 44.1 Å². The van der Waals surface area contributed by atoms with Crippen LogP contribution in [0.3, 0.4) is 0 Å². The Hall–Kier alpha value is -1.32. The van der Waals surface area contributed by atoms with Gasteiger partial charge in [-0.25, -0.2) is 0 Å². The zero-order valence-electron chi connectivity index (χ0n) is 9.62. The Morgan fingerprint density at radius 2 is 2.25 bits per heavy atom. The zero-order chi connectivity index (χ0) is 11.5. The lowest BCUT2D eigenvalue weighted by molar-refractivity contribution is -0.141. The van der Waals surface area contributed by atoms with Gasteiger partial charge in [0.15, 0.2) is 0 Å². The summed E-state index contributed by atoms with van der Waals surface area (Å²) in [4.78, 5) is 10.7. The monoisotopic (exact) mass is 222 g/mol. The van der Waals surface area contributed by atoms with Crippen molar-refractivity contribution in [3.63, 3.8) is 0 Å². The Balaban J connectivity index is 1.99. The molecule has 4 nitrogen and oxygen atoms in total. The molecule has 0 radical (unpaired) electrons. The second kappa shape index (κ2) is 4.68. The van der Waals surface area contributed by atoms with E-state index in [1.54, 1.807) is 6.92 Å². The molecule has 1 atom stereocenters. The van der Waals surface area contributed by atoms with Crippen molar-refractivity contribution >= 4 is 5.97 Å². The van der Waals surface area contributed by atoms with Gasteiger partial charge in [0.2, 0.25) is 0 Å². The van der Waals surface area contributed by atoms with Crippen molar-refractivity contribution in [3.05, 3.63) is 17.0 Å². The molecule has 1 aromatic heterocycles. The summed E-state index contributed by atoms with van der Waals surface area (Å²) in [5.41, 5.74) is 3.70. The molecule has 1 aliphatic carbocycles. The minimum absolute atomic E-state index is 0.282. The van der Waals surface area contributed by atoms with Crippen molar-refractivity contribution in [1.29, 1.82) is 0 Å². The van der Waals surface area contributed by atoms with Crippen molar-refractivity contribution in [3.8, 4) is 0 Å². The Bertz CT molecular complexity index is 384. The molecule has 1 heterocycles. The molecule has 88 valence electrons. The minimum Gasteiger partial charge on any atom is -0.481 e. The lowest BCUT2D eigenvalue weighted by atomic mass is 9.93. The fraction of sp³-hybridized carbons (Fsp3) is 0.667. The summed E-state index contributed by atoms with van der Waals surface area (Å²) in [6, 6.07) is 0. The van der Waals surface area contributed by atoms with E-state index in [4.69, 9.17) is 5.11 Å². The van der Waals surface area contributed by atoms with Crippen LogP contribution in [0.15, 0.2) is 0 Å². The SMILES string of the molecule is CC(CCc1n[nH]c2c1CCCC2)C(=O)O. The molecule has 0 fully saturated rings. The molecule has 2 rings (SSSR count). The number of nitrogens with one attached hydrogen (secondary N) is 1. The van der Waals surface area contributed by atoms with E-state index < -0.39 is 5.97 Å². The van der Waals surface area contributed by atoms with Crippen LogP contribution in [0.5, 0.6) is 0 Å². The van der Waals surface area contributed by atoms with Gasteiger partial charge < -0.3 is 5.11 Å². The number of hydrogen-bond donors (Lipinski definition) is 2. The molecule has 0 amide bonds. The standard InChI is InChI=1S/C12H18N2O2/c1-8(12(15)16)6-7-11-9-4-2-3-5-10(9)13-14-11/h8H,2-7H2,1H3,(H,13,14)(H,15,16). The van der Waals surface area contributed by atoms with Crippen LogP contribution in [-0.4, -0.2) is 21.3 Å². The van der Waals surface area contributed by atoms with E-state index in [9.17, 15) is 4.79 Å². The molecule has 1 aromatic rings. The lowest BCUT2D eigenvalue weighted by Gasteiger charge is -2.11. The number of aryl methyl sites for hydroxylation is 2. The quantitative estimate of drug-likeness (QED) is 0.818. The number of carbonyl (C=O) groups is 1. The van der Waals surface area contributed by atoms with Crippen molar-refractivity contribution in [2.75, 3.05) is 0 Å². The minimum atomic E-state index is -0.718. The topological polar surface area (TPSA) is 66.0 Å². The molecule has 0 aliphatic heterocycles. The van der Waals surface area contributed by atoms with Gasteiger partial charge in [0.1, 0.15) is 0 Å². The molecule has 2 N–H and O–H groups in total. The first-order valence-corrected chi connectivity index (χ1v) is 5.96. The highest BCUT2D eigenvalue weighted by Crippen LogP contribution is 2.23. The first-order chi connectivity index (χ1) is 7.68. The highest BCUT2D eigenvalue weighted by Gasteiger charge is 2.18. The summed E-state index contributed by atoms with van der Waals surface area (Å²) in [6.07, 6.45) is 6.11. The molecule has 1 unspecified atom stereocenters. The van der Waals surface area contributed by atoms with E-state index in [2.05, 4.69) is 10.2 Å². The van der Waals surface area contributed by atoms with Gasteiger partial charge in [0, 0.05) is 5.69 Å². The molecule has 0 aromatic carbocycles. The maximum atomic E-state index is 10.7. The molecule has 0 spiro atoms. The number of fused-ring (bicyclic) bond motifs is 1. The number of aliphatic carboxylic acids is 1. The van der Waals surface area contributed by atoms with Crippen molar-refractivity contribution in [2.24, 2.45) is 5.92 Å². The van der Waals surface area contributed by atoms with Crippen LogP contribution in [0, 0.1) is 5.92 Å². The van der Waals surface area contributed by atoms with E-state index in [0.29, 0.717) is 6.42 Å². The summed E-state index contributed by atoms with van der Waals surface area (Å²) in [6.45, 7) is 1.75. The maximum absolute atomic E-state index is 10.7. The summed E-state index contributed by atoms with van der Waals surface area (Å²) >= 11 is 0. The van der Waals surface area contributed by atoms with Gasteiger partial charge in [-0.2, -0.15) is 5.10 Å². The van der Waals surface area contributed by atoms with Crippen LogP contribution < -0.4 is 0 Å². The normalized spacial score (nSPS) is 16.8. The second-order valence-electron chi connectivity index (χ2n) is 4.61. The Labute approximate surface area is 95.1 Å². The summed E-state index contributed by atoms with van der Waals surface area (Å²) in [5, 5.41) is 16.2. The first kappa shape index (κ1) is 11.2. The summed E-state index contributed by atoms with van der Waals surface area (Å²) in [7, 11) is 0. The van der Waals surface area contributed by atoms with Crippen LogP contribution in [0.4, 0.5) is 0 Å². The van der Waals surface area contributed by atoms with Crippen LogP contribution in [0.25, 0.3) is 0 Å². The predicted octanol–water partition coefficient (Wildman–Crippen LogP) is 1.94. The van der Waals surface area contributed by atoms with Gasteiger partial charge >= 0.3 is 5.97 Å². The van der Waals surface area contributed by atoms with Crippen LogP contribution in [0.1, 0.15) is 43.1 Å². The zero-order valence-corrected chi connectivity index (χ0v) is 9.62. The number of H-pyrrole nitrogens is 1. The number of hydrogen-bond acceptors (Lipinski definition) is 2. The van der Waals surface area contributed by atoms with E-state index in [1.165, 1.54) is 24.1 Å². The highest BCUT2D eigenvalue weighted by molar-refractivity contribution is 5.69. The lowest BCUT2D eigenvalue weighted by Crippen LogP contribution is -2.11. The molecule has 4 heteroatoms. The number of rotatable bonds is 4. The molecule has 1 aliphatic rings. The third-order valence-corrected chi connectivity index (χ3v) is 3.38. The second-order valence-corrected chi connectivity index (χ2v) is 4.61. The van der Waals surface area contributed by atoms with Gasteiger partial charge in [0.25, 0.3) is 0 Å². The molecule has 0 bridgehead atoms. The number of carboxylic acid groups (broad SMARTS) is 1. The Kier molecular flexibility index (Phi) is 3.27. The fourth-order valence-corrected chi connectivity index (χ4v) is 2.23. The van der Waals surface area contributed by atoms with Crippen LogP contribution >= 0.6 is 0 Å². The Morgan fingerprint density at radius 1 is 1.50 bits per heavy atom. The number of aromatic nitrogens is 2. The molecular formula is C12H18N2O2. The summed E-state index contributed by atoms with van der Waals surface area (Å²) in [5.74, 6) is -1.000. The van der Waals surface area contributed by atoms with Gasteiger partial charge in [-0.1, -0.05) is 6.92 Å². The smallest absolute Gasteiger partial charge is 0.306 e. The number of aromatic amines is 1. The largest absolute Gasteiger partial charge is 0.481 e. The fourth-order valence-electron chi connectivity index (χ4n) is 2.23. The Morgan fingerprint density at radius 3 is 3.00 bits per heavy atom. The average Bonchev–Trinajstić information content (AvgIpc) is 2.69. The van der Waals surface area contributed by atoms with Gasteiger partial charge in [-0.3, -0.25) is 9.89 Å². The maximum Gasteiger partial charge on any atom is 0.306 e. The third kappa shape index (κ3) is 2.26. The van der Waals surface area contributed by atoms with E-state index >= 15 is 0 Å². The highest BCUT2D eigenvalue weighted by atomic mass is 16.4. The molecule has 0 saturated carbocycles. The predicted molar refractivity (Wildman–Crippen MR) is 60.4 cm³/mol. The molecular weight excluding hydrogens is 204 g/mol. The van der Waals surface area contributed by atoms with Crippen LogP contribution in [-0.2, 0) is 24.1 Å². The molecule has 16 heavy (non-hydrogen) atoms. The van der Waals surface area contributed by atoms with Crippen molar-refractivity contribution < 1.29 is 9.90 Å². The van der Waals surface area contributed by atoms with E-state index in [-0.39, 0.29) is 5.92 Å². The van der Waals surface area contributed by atoms with E-state index in [1.807, 2.05) is 0 Å². The number of nitrogens with zero attached hydrogens (tertiary/aromatic N) is 1. The van der Waals surface area contributed by atoms with Gasteiger partial charge in [-0.15, -0.1) is 0 Å². The van der Waals surface area contributed by atoms with Gasteiger partial charge in [0.05, 0.1) is 11.6 Å².